The van der Waals surface area contributed by atoms with Crippen molar-refractivity contribution >= 4 is 34.2 Å². The van der Waals surface area contributed by atoms with Gasteiger partial charge in [0.1, 0.15) is 5.00 Å². The second-order valence-electron chi connectivity index (χ2n) is 6.23. The Balaban J connectivity index is 2.03. The van der Waals surface area contributed by atoms with E-state index in [1.165, 1.54) is 36.8 Å². The molecule has 8 heteroatoms. The molecule has 0 unspecified atom stereocenters. The van der Waals surface area contributed by atoms with Crippen LogP contribution in [0, 0.1) is 16.0 Å². The third-order valence-electron chi connectivity index (χ3n) is 4.42. The van der Waals surface area contributed by atoms with Crippen molar-refractivity contribution < 1.29 is 19.6 Å². The molecule has 136 valence electrons. The number of thiophene rings is 1. The van der Waals surface area contributed by atoms with Gasteiger partial charge in [-0.3, -0.25) is 10.1 Å². The molecule has 7 nitrogen and oxygen atoms in total. The summed E-state index contributed by atoms with van der Waals surface area (Å²) in [4.78, 5) is 27.8. The van der Waals surface area contributed by atoms with Crippen molar-refractivity contribution in [3.05, 3.63) is 49.9 Å². The predicted octanol–water partition coefficient (Wildman–Crippen LogP) is 3.39. The number of hydrogen-bond acceptors (Lipinski definition) is 7. The maximum atomic E-state index is 12.2. The van der Waals surface area contributed by atoms with Crippen LogP contribution in [-0.4, -0.2) is 24.2 Å². The highest BCUT2D eigenvalue weighted by Gasteiger charge is 2.27. The summed E-state index contributed by atoms with van der Waals surface area (Å²) in [7, 11) is 1.32. The molecule has 3 rings (SSSR count). The van der Waals surface area contributed by atoms with Crippen molar-refractivity contribution in [3.8, 4) is 5.75 Å². The van der Waals surface area contributed by atoms with Gasteiger partial charge in [0.05, 0.1) is 17.6 Å². The number of esters is 1. The van der Waals surface area contributed by atoms with E-state index in [1.807, 2.05) is 0 Å². The van der Waals surface area contributed by atoms with E-state index in [-0.39, 0.29) is 5.56 Å². The lowest BCUT2D eigenvalue weighted by molar-refractivity contribution is -0.398. The summed E-state index contributed by atoms with van der Waals surface area (Å²) in [5, 5.41) is 23.5. The summed E-state index contributed by atoms with van der Waals surface area (Å²) in [5.74, 6) is -0.616. The number of nitro groups is 1. The van der Waals surface area contributed by atoms with E-state index < -0.39 is 22.3 Å². The van der Waals surface area contributed by atoms with E-state index in [0.717, 1.165) is 35.8 Å². The third-order valence-corrected chi connectivity index (χ3v) is 5.59. The molecule has 1 aromatic heterocycles. The first-order valence-corrected chi connectivity index (χ1v) is 8.95. The zero-order valence-electron chi connectivity index (χ0n) is 14.4. The molecule has 0 fully saturated rings. The van der Waals surface area contributed by atoms with Gasteiger partial charge in [-0.25, -0.2) is 9.79 Å². The van der Waals surface area contributed by atoms with Crippen LogP contribution >= 0.6 is 11.3 Å². The molecule has 1 aromatic carbocycles. The van der Waals surface area contributed by atoms with Crippen molar-refractivity contribution in [2.45, 2.75) is 26.2 Å². The molecule has 0 saturated heterocycles. The number of nitro benzene ring substituents is 1. The third kappa shape index (κ3) is 3.32. The van der Waals surface area contributed by atoms with Crippen molar-refractivity contribution in [2.75, 3.05) is 7.11 Å². The molecule has 0 aliphatic heterocycles. The van der Waals surface area contributed by atoms with Gasteiger partial charge in [0.25, 0.3) is 5.69 Å². The standard InChI is InChI=1S/C18H18N2O5S/c1-10-6-7-12-14(8-10)26-17(15(12)18(22)25-2)19-9-11-4-3-5-13(16(11)21)20(23)24/h3-5,9-10,21H,6-8H2,1-2H3/p-1/t10-/m0/s1. The molecule has 1 heterocycles. The summed E-state index contributed by atoms with van der Waals surface area (Å²) in [6.07, 6.45) is 3.94. The van der Waals surface area contributed by atoms with Gasteiger partial charge in [0.2, 0.25) is 0 Å². The zero-order chi connectivity index (χ0) is 18.8. The molecule has 26 heavy (non-hydrogen) atoms. The average molecular weight is 373 g/mol. The summed E-state index contributed by atoms with van der Waals surface area (Å²) in [5.41, 5.74) is 1.01. The quantitative estimate of drug-likeness (QED) is 0.353. The fourth-order valence-corrected chi connectivity index (χ4v) is 4.40. The van der Waals surface area contributed by atoms with Gasteiger partial charge in [-0.2, -0.15) is 0 Å². The first kappa shape index (κ1) is 18.1. The number of nitrogens with zero attached hydrogens (tertiary/aromatic N) is 2. The van der Waals surface area contributed by atoms with E-state index in [9.17, 15) is 20.0 Å². The minimum absolute atomic E-state index is 0.106. The van der Waals surface area contributed by atoms with Gasteiger partial charge in [-0.1, -0.05) is 19.1 Å². The van der Waals surface area contributed by atoms with Crippen molar-refractivity contribution in [3.63, 3.8) is 0 Å². The number of hydrogen-bond donors (Lipinski definition) is 0. The molecule has 0 amide bonds. The molecular formula is C18H17N2O5S-. The number of fused-ring (bicyclic) bond motifs is 1. The Bertz CT molecular complexity index is 903. The number of carbonyl (C=O) groups is 1. The molecule has 0 N–H and O–H groups in total. The number of ether oxygens (including phenoxy) is 1. The molecular weight excluding hydrogens is 356 g/mol. The van der Waals surface area contributed by atoms with Crippen LogP contribution < -0.4 is 5.11 Å². The topological polar surface area (TPSA) is 105 Å². The van der Waals surface area contributed by atoms with Gasteiger partial charge in [0.15, 0.2) is 0 Å². The van der Waals surface area contributed by atoms with Crippen LogP contribution in [0.3, 0.4) is 0 Å². The lowest BCUT2D eigenvalue weighted by Gasteiger charge is -2.18. The van der Waals surface area contributed by atoms with Crippen LogP contribution in [0.5, 0.6) is 5.75 Å². The van der Waals surface area contributed by atoms with E-state index in [0.29, 0.717) is 16.5 Å². The Morgan fingerprint density at radius 3 is 2.92 bits per heavy atom. The summed E-state index contributed by atoms with van der Waals surface area (Å²) in [6.45, 7) is 2.16. The molecule has 2 aromatic rings. The maximum Gasteiger partial charge on any atom is 0.341 e. The van der Waals surface area contributed by atoms with Gasteiger partial charge >= 0.3 is 5.97 Å². The van der Waals surface area contributed by atoms with E-state index >= 15 is 0 Å². The second kappa shape index (κ2) is 7.25. The second-order valence-corrected chi connectivity index (χ2v) is 7.32. The molecule has 1 atom stereocenters. The van der Waals surface area contributed by atoms with Crippen LogP contribution in [0.1, 0.15) is 39.7 Å². The van der Waals surface area contributed by atoms with Gasteiger partial charge in [-0.15, -0.1) is 11.3 Å². The van der Waals surface area contributed by atoms with Gasteiger partial charge < -0.3 is 9.84 Å². The minimum atomic E-state index is -0.717. The lowest BCUT2D eigenvalue weighted by Crippen LogP contribution is -2.12. The minimum Gasteiger partial charge on any atom is -0.867 e. The first-order chi connectivity index (χ1) is 12.4. The lowest BCUT2D eigenvalue weighted by atomic mass is 9.88. The normalized spacial score (nSPS) is 16.5. The molecule has 0 radical (unpaired) electrons. The molecule has 1 aliphatic rings. The Kier molecular flexibility index (Phi) is 5.03. The summed E-state index contributed by atoms with van der Waals surface area (Å²) < 4.78 is 4.90. The molecule has 0 saturated carbocycles. The van der Waals surface area contributed by atoms with Crippen LogP contribution in [0.15, 0.2) is 23.2 Å². The zero-order valence-corrected chi connectivity index (χ0v) is 15.2. The highest BCUT2D eigenvalue weighted by molar-refractivity contribution is 7.16. The smallest absolute Gasteiger partial charge is 0.341 e. The Morgan fingerprint density at radius 2 is 2.23 bits per heavy atom. The first-order valence-electron chi connectivity index (χ1n) is 8.13. The van der Waals surface area contributed by atoms with E-state index in [2.05, 4.69) is 11.9 Å². The molecule has 0 spiro atoms. The number of methoxy groups -OCH3 is 1. The number of carbonyl (C=O) groups excluding carboxylic acids is 1. The van der Waals surface area contributed by atoms with Crippen molar-refractivity contribution in [1.29, 1.82) is 0 Å². The largest absolute Gasteiger partial charge is 0.867 e. The Labute approximate surface area is 154 Å². The van der Waals surface area contributed by atoms with Gasteiger partial charge in [0, 0.05) is 17.2 Å². The fourth-order valence-electron chi connectivity index (χ4n) is 3.06. The maximum absolute atomic E-state index is 12.2. The Morgan fingerprint density at radius 1 is 1.46 bits per heavy atom. The van der Waals surface area contributed by atoms with Crippen molar-refractivity contribution in [2.24, 2.45) is 10.9 Å². The highest BCUT2D eigenvalue weighted by Crippen LogP contribution is 2.41. The van der Waals surface area contributed by atoms with Crippen LogP contribution in [0.25, 0.3) is 0 Å². The number of benzene rings is 1. The van der Waals surface area contributed by atoms with E-state index in [1.54, 1.807) is 0 Å². The number of rotatable bonds is 4. The van der Waals surface area contributed by atoms with Crippen LogP contribution in [-0.2, 0) is 17.6 Å². The summed E-state index contributed by atoms with van der Waals surface area (Å²) >= 11 is 1.41. The SMILES string of the molecule is COC(=O)c1c(N=Cc2cccc([N+](=O)[O-])c2[O-])sc2c1CC[C@H](C)C2. The monoisotopic (exact) mass is 373 g/mol. The summed E-state index contributed by atoms with van der Waals surface area (Å²) in [6, 6.07) is 4.06. The van der Waals surface area contributed by atoms with Crippen LogP contribution in [0.2, 0.25) is 0 Å². The average Bonchev–Trinajstić information content (AvgIpc) is 2.97. The molecule has 1 aliphatic carbocycles. The molecule has 0 bridgehead atoms. The Hall–Kier alpha value is -2.74. The van der Waals surface area contributed by atoms with Crippen LogP contribution in [0.4, 0.5) is 10.7 Å². The predicted molar refractivity (Wildman–Crippen MR) is 96.6 cm³/mol. The van der Waals surface area contributed by atoms with E-state index in [4.69, 9.17) is 4.74 Å². The van der Waals surface area contributed by atoms with Crippen molar-refractivity contribution in [1.82, 2.24) is 0 Å². The number of para-hydroxylation sites is 1. The fraction of sp³-hybridized carbons (Fsp3) is 0.333. The number of aliphatic imine (C=N–C) groups is 1. The van der Waals surface area contributed by atoms with Gasteiger partial charge in [-0.05, 0) is 42.1 Å². The highest BCUT2D eigenvalue weighted by atomic mass is 32.1.